The first-order valence-corrected chi connectivity index (χ1v) is 7.42. The number of hydrogen-bond acceptors (Lipinski definition) is 9. The van der Waals surface area contributed by atoms with E-state index in [0.717, 1.165) is 0 Å². The summed E-state index contributed by atoms with van der Waals surface area (Å²) in [6.45, 7) is -3.08. The summed E-state index contributed by atoms with van der Waals surface area (Å²) in [7, 11) is 0. The van der Waals surface area contributed by atoms with Crippen molar-refractivity contribution < 1.29 is 45.2 Å². The van der Waals surface area contributed by atoms with E-state index in [1.165, 1.54) is 0 Å². The smallest absolute Gasteiger partial charge is 0.0632 e. The molecule has 0 amide bonds. The number of rotatable bonds is 15. The summed E-state index contributed by atoms with van der Waals surface area (Å²) in [6, 6.07) is 0. The number of aliphatic hydroxyl groups is 7. The zero-order chi connectivity index (χ0) is 17.8. The van der Waals surface area contributed by atoms with Crippen LogP contribution in [0.3, 0.4) is 0 Å². The van der Waals surface area contributed by atoms with Crippen LogP contribution in [0, 0.1) is 16.7 Å². The van der Waals surface area contributed by atoms with Gasteiger partial charge in [0.1, 0.15) is 0 Å². The minimum Gasteiger partial charge on any atom is -0.396 e. The van der Waals surface area contributed by atoms with Gasteiger partial charge in [0, 0.05) is 5.92 Å². The number of ether oxygens (including phenoxy) is 2. The third-order valence-electron chi connectivity index (χ3n) is 3.77. The van der Waals surface area contributed by atoms with E-state index in [1.54, 1.807) is 0 Å². The normalized spacial score (nSPS) is 13.0. The Labute approximate surface area is 135 Å². The van der Waals surface area contributed by atoms with Crippen LogP contribution in [0.4, 0.5) is 0 Å². The van der Waals surface area contributed by atoms with Gasteiger partial charge in [0.15, 0.2) is 0 Å². The van der Waals surface area contributed by atoms with E-state index >= 15 is 0 Å². The van der Waals surface area contributed by atoms with Gasteiger partial charge in [-0.3, -0.25) is 0 Å². The summed E-state index contributed by atoms with van der Waals surface area (Å²) in [4.78, 5) is 0. The molecule has 0 aromatic rings. The van der Waals surface area contributed by atoms with E-state index in [4.69, 9.17) is 19.7 Å². The van der Waals surface area contributed by atoms with E-state index in [9.17, 15) is 25.5 Å². The van der Waals surface area contributed by atoms with Crippen molar-refractivity contribution in [3.05, 3.63) is 0 Å². The second kappa shape index (κ2) is 12.1. The SMILES string of the molecule is OCC(CO)COCC(CO)(CO)COCC(CO)(CO)CO. The van der Waals surface area contributed by atoms with Crippen molar-refractivity contribution in [3.8, 4) is 0 Å². The summed E-state index contributed by atoms with van der Waals surface area (Å²) in [5.41, 5.74) is -2.31. The molecule has 23 heavy (non-hydrogen) atoms. The van der Waals surface area contributed by atoms with Gasteiger partial charge < -0.3 is 45.2 Å². The van der Waals surface area contributed by atoms with Gasteiger partial charge in [-0.25, -0.2) is 0 Å². The Kier molecular flexibility index (Phi) is 11.9. The Morgan fingerprint density at radius 3 is 1.35 bits per heavy atom. The highest BCUT2D eigenvalue weighted by molar-refractivity contribution is 4.80. The van der Waals surface area contributed by atoms with Gasteiger partial charge in [-0.05, 0) is 0 Å². The maximum Gasteiger partial charge on any atom is 0.0632 e. The lowest BCUT2D eigenvalue weighted by Crippen LogP contribution is -2.44. The molecule has 0 unspecified atom stereocenters. The molecule has 0 spiro atoms. The fourth-order valence-corrected chi connectivity index (χ4v) is 1.65. The lowest BCUT2D eigenvalue weighted by atomic mass is 9.90. The summed E-state index contributed by atoms with van der Waals surface area (Å²) < 4.78 is 10.7. The Morgan fingerprint density at radius 2 is 0.957 bits per heavy atom. The van der Waals surface area contributed by atoms with Crippen LogP contribution in [0.5, 0.6) is 0 Å². The zero-order valence-electron chi connectivity index (χ0n) is 13.3. The van der Waals surface area contributed by atoms with E-state index in [-0.39, 0.29) is 39.6 Å². The first-order chi connectivity index (χ1) is 11.0. The quantitative estimate of drug-likeness (QED) is 0.161. The van der Waals surface area contributed by atoms with Crippen LogP contribution in [0.1, 0.15) is 0 Å². The van der Waals surface area contributed by atoms with Gasteiger partial charge in [-0.2, -0.15) is 0 Å². The van der Waals surface area contributed by atoms with Crippen molar-refractivity contribution in [2.45, 2.75) is 0 Å². The van der Waals surface area contributed by atoms with Crippen molar-refractivity contribution in [1.82, 2.24) is 0 Å². The molecule has 7 N–H and O–H groups in total. The maximum absolute atomic E-state index is 9.49. The molecule has 0 radical (unpaired) electrons. The van der Waals surface area contributed by atoms with Crippen LogP contribution in [0.15, 0.2) is 0 Å². The highest BCUT2D eigenvalue weighted by Gasteiger charge is 2.33. The van der Waals surface area contributed by atoms with E-state index in [0.29, 0.717) is 0 Å². The van der Waals surface area contributed by atoms with Crippen LogP contribution in [0.2, 0.25) is 0 Å². The number of hydrogen-bond donors (Lipinski definition) is 7. The molecule has 9 nitrogen and oxygen atoms in total. The van der Waals surface area contributed by atoms with Gasteiger partial charge in [-0.1, -0.05) is 0 Å². The first-order valence-electron chi connectivity index (χ1n) is 7.42. The van der Waals surface area contributed by atoms with Crippen LogP contribution in [-0.2, 0) is 9.47 Å². The Hall–Kier alpha value is -0.360. The first kappa shape index (κ1) is 22.6. The monoisotopic (exact) mass is 342 g/mol. The molecule has 140 valence electrons. The van der Waals surface area contributed by atoms with E-state index in [1.807, 2.05) is 0 Å². The van der Waals surface area contributed by atoms with E-state index in [2.05, 4.69) is 0 Å². The molecule has 0 saturated carbocycles. The maximum atomic E-state index is 9.49. The summed E-state index contributed by atoms with van der Waals surface area (Å²) >= 11 is 0. The van der Waals surface area contributed by atoms with Crippen LogP contribution < -0.4 is 0 Å². The fourth-order valence-electron chi connectivity index (χ4n) is 1.65. The van der Waals surface area contributed by atoms with Crippen molar-refractivity contribution in [3.63, 3.8) is 0 Å². The van der Waals surface area contributed by atoms with Crippen molar-refractivity contribution >= 4 is 0 Å². The molecular formula is C14H30O9. The van der Waals surface area contributed by atoms with Crippen LogP contribution in [-0.4, -0.2) is 108 Å². The van der Waals surface area contributed by atoms with Crippen molar-refractivity contribution in [2.24, 2.45) is 16.7 Å². The molecular weight excluding hydrogens is 312 g/mol. The third-order valence-corrected chi connectivity index (χ3v) is 3.77. The Morgan fingerprint density at radius 1 is 0.565 bits per heavy atom. The second-order valence-corrected chi connectivity index (χ2v) is 6.03. The molecule has 0 aliphatic heterocycles. The summed E-state index contributed by atoms with van der Waals surface area (Å²) in [5.74, 6) is -0.447. The predicted octanol–water partition coefficient (Wildman–Crippen LogP) is -3.45. The fraction of sp³-hybridized carbons (Fsp3) is 1.00. The van der Waals surface area contributed by atoms with Gasteiger partial charge in [0.2, 0.25) is 0 Å². The lowest BCUT2D eigenvalue weighted by Gasteiger charge is -2.33. The lowest BCUT2D eigenvalue weighted by molar-refractivity contribution is -0.115. The highest BCUT2D eigenvalue weighted by atomic mass is 16.5. The van der Waals surface area contributed by atoms with Gasteiger partial charge in [0.25, 0.3) is 0 Å². The average Bonchev–Trinajstić information content (AvgIpc) is 2.61. The second-order valence-electron chi connectivity index (χ2n) is 6.03. The molecule has 0 bridgehead atoms. The van der Waals surface area contributed by atoms with Gasteiger partial charge in [0.05, 0.1) is 83.5 Å². The summed E-state index contributed by atoms with van der Waals surface area (Å²) in [6.07, 6.45) is 0. The van der Waals surface area contributed by atoms with E-state index < -0.39 is 49.8 Å². The van der Waals surface area contributed by atoms with Gasteiger partial charge in [-0.15, -0.1) is 0 Å². The minimum atomic E-state index is -1.20. The molecule has 0 aromatic heterocycles. The minimum absolute atomic E-state index is 0.0581. The summed E-state index contributed by atoms with van der Waals surface area (Å²) in [5, 5.41) is 64.5. The standard InChI is InChI=1S/C14H30O9/c15-1-12(2-16)3-22-10-14(7-20,8-21)11-23-9-13(4-17,5-18)6-19/h12,15-21H,1-11H2. The molecule has 0 heterocycles. The molecule has 0 aromatic carbocycles. The van der Waals surface area contributed by atoms with Crippen LogP contribution in [0.25, 0.3) is 0 Å². The Balaban J connectivity index is 4.48. The zero-order valence-corrected chi connectivity index (χ0v) is 13.3. The molecule has 0 rings (SSSR count). The molecule has 9 heteroatoms. The van der Waals surface area contributed by atoms with Gasteiger partial charge >= 0.3 is 0 Å². The molecule has 0 fully saturated rings. The Bertz CT molecular complexity index is 267. The topological polar surface area (TPSA) is 160 Å². The predicted molar refractivity (Wildman–Crippen MR) is 79.6 cm³/mol. The largest absolute Gasteiger partial charge is 0.396 e. The highest BCUT2D eigenvalue weighted by Crippen LogP contribution is 2.21. The number of aliphatic hydroxyl groups excluding tert-OH is 7. The molecule has 0 aliphatic carbocycles. The molecule has 0 aliphatic rings. The third kappa shape index (κ3) is 7.38. The molecule has 0 atom stereocenters. The van der Waals surface area contributed by atoms with Crippen molar-refractivity contribution in [1.29, 1.82) is 0 Å². The average molecular weight is 342 g/mol. The van der Waals surface area contributed by atoms with Crippen LogP contribution >= 0.6 is 0 Å². The van der Waals surface area contributed by atoms with Crippen molar-refractivity contribution in [2.75, 3.05) is 72.7 Å². The molecule has 0 saturated heterocycles.